The van der Waals surface area contributed by atoms with Crippen LogP contribution in [0.2, 0.25) is 5.02 Å². The molecule has 0 unspecified atom stereocenters. The van der Waals surface area contributed by atoms with Gasteiger partial charge in [-0.25, -0.2) is 4.79 Å². The number of carbonyl (C=O) groups excluding carboxylic acids is 1. The summed E-state index contributed by atoms with van der Waals surface area (Å²) in [5.41, 5.74) is 1.95. The van der Waals surface area contributed by atoms with Gasteiger partial charge in [0.15, 0.2) is 0 Å². The largest absolute Gasteiger partial charge is 0.423 e. The molecule has 0 saturated carbocycles. The van der Waals surface area contributed by atoms with Crippen LogP contribution in [0.1, 0.15) is 18.1 Å². The number of amides is 1. The van der Waals surface area contributed by atoms with E-state index in [2.05, 4.69) is 5.32 Å². The van der Waals surface area contributed by atoms with Crippen LogP contribution >= 0.6 is 11.6 Å². The first-order valence-corrected chi connectivity index (χ1v) is 7.69. The minimum absolute atomic E-state index is 0.00447. The van der Waals surface area contributed by atoms with Crippen molar-refractivity contribution in [1.29, 1.82) is 0 Å². The van der Waals surface area contributed by atoms with Gasteiger partial charge in [0.05, 0.1) is 6.54 Å². The lowest BCUT2D eigenvalue weighted by molar-refractivity contribution is -0.124. The van der Waals surface area contributed by atoms with E-state index in [4.69, 9.17) is 16.0 Å². The van der Waals surface area contributed by atoms with Crippen molar-refractivity contribution in [1.82, 2.24) is 10.2 Å². The summed E-state index contributed by atoms with van der Waals surface area (Å²) in [6, 6.07) is 5.15. The van der Waals surface area contributed by atoms with Crippen LogP contribution in [-0.2, 0) is 17.8 Å². The molecule has 0 radical (unpaired) electrons. The maximum Gasteiger partial charge on any atom is 0.336 e. The summed E-state index contributed by atoms with van der Waals surface area (Å²) in [5.74, 6) is 0.00447. The second kappa shape index (κ2) is 6.10. The van der Waals surface area contributed by atoms with Crippen molar-refractivity contribution in [3.8, 4) is 0 Å². The van der Waals surface area contributed by atoms with E-state index in [1.54, 1.807) is 0 Å². The van der Waals surface area contributed by atoms with Crippen molar-refractivity contribution in [3.63, 3.8) is 0 Å². The normalized spacial score (nSPS) is 16.0. The molecule has 1 aromatic carbocycles. The Labute approximate surface area is 132 Å². The number of piperazine rings is 1. The maximum absolute atomic E-state index is 11.8. The number of hydrogen-bond acceptors (Lipinski definition) is 4. The van der Waals surface area contributed by atoms with Gasteiger partial charge in [0.1, 0.15) is 5.58 Å². The monoisotopic (exact) mass is 320 g/mol. The number of nitrogens with one attached hydrogen (secondary N) is 1. The Morgan fingerprint density at radius 1 is 1.27 bits per heavy atom. The van der Waals surface area contributed by atoms with Gasteiger partial charge in [-0.05, 0) is 29.7 Å². The van der Waals surface area contributed by atoms with E-state index in [0.717, 1.165) is 29.5 Å². The molecule has 0 atom stereocenters. The topological polar surface area (TPSA) is 62.6 Å². The Hall–Kier alpha value is -1.85. The quantitative estimate of drug-likeness (QED) is 0.878. The lowest BCUT2D eigenvalue weighted by atomic mass is 10.1. The molecule has 3 rings (SSSR count). The fraction of sp³-hybridized carbons (Fsp3) is 0.375. The van der Waals surface area contributed by atoms with Gasteiger partial charge in [0.2, 0.25) is 5.91 Å². The van der Waals surface area contributed by atoms with Crippen LogP contribution in [0.15, 0.2) is 27.4 Å². The summed E-state index contributed by atoms with van der Waals surface area (Å²) in [5, 5.41) is 4.28. The smallest absolute Gasteiger partial charge is 0.336 e. The Morgan fingerprint density at radius 3 is 2.82 bits per heavy atom. The lowest BCUT2D eigenvalue weighted by Gasteiger charge is -2.26. The van der Waals surface area contributed by atoms with Crippen LogP contribution < -0.4 is 10.9 Å². The summed E-state index contributed by atoms with van der Waals surface area (Å²) < 4.78 is 5.30. The van der Waals surface area contributed by atoms with Crippen molar-refractivity contribution in [3.05, 3.63) is 44.8 Å². The van der Waals surface area contributed by atoms with Crippen LogP contribution in [0.4, 0.5) is 0 Å². The summed E-state index contributed by atoms with van der Waals surface area (Å²) >= 11 is 6.28. The van der Waals surface area contributed by atoms with E-state index in [9.17, 15) is 9.59 Å². The number of fused-ring (bicyclic) bond motifs is 1. The van der Waals surface area contributed by atoms with Crippen molar-refractivity contribution >= 4 is 28.5 Å². The maximum atomic E-state index is 11.8. The molecular formula is C16H17ClN2O3. The minimum atomic E-state index is -0.381. The third-order valence-corrected chi connectivity index (χ3v) is 4.24. The van der Waals surface area contributed by atoms with Crippen LogP contribution in [0.5, 0.6) is 0 Å². The van der Waals surface area contributed by atoms with Gasteiger partial charge >= 0.3 is 5.63 Å². The number of rotatable bonds is 3. The zero-order chi connectivity index (χ0) is 15.7. The minimum Gasteiger partial charge on any atom is -0.423 e. The predicted molar refractivity (Wildman–Crippen MR) is 85.2 cm³/mol. The lowest BCUT2D eigenvalue weighted by Crippen LogP contribution is -2.47. The average molecular weight is 321 g/mol. The molecular weight excluding hydrogens is 304 g/mol. The van der Waals surface area contributed by atoms with Crippen LogP contribution in [0, 0.1) is 0 Å². The second-order valence-electron chi connectivity index (χ2n) is 5.44. The molecule has 0 aliphatic carbocycles. The molecule has 22 heavy (non-hydrogen) atoms. The van der Waals surface area contributed by atoms with Gasteiger partial charge in [-0.3, -0.25) is 9.69 Å². The standard InChI is InChI=1S/C16H17ClN2O3/c1-2-10-5-14-12(7-13(10)17)11(6-16(21)22-14)8-19-4-3-18-15(20)9-19/h5-7H,2-4,8-9H2,1H3,(H,18,20). The highest BCUT2D eigenvalue weighted by atomic mass is 35.5. The van der Waals surface area contributed by atoms with Gasteiger partial charge < -0.3 is 9.73 Å². The predicted octanol–water partition coefficient (Wildman–Crippen LogP) is 1.94. The highest BCUT2D eigenvalue weighted by Crippen LogP contribution is 2.26. The zero-order valence-corrected chi connectivity index (χ0v) is 13.1. The van der Waals surface area contributed by atoms with E-state index in [1.807, 2.05) is 24.0 Å². The highest BCUT2D eigenvalue weighted by Gasteiger charge is 2.18. The molecule has 6 heteroatoms. The Balaban J connectivity index is 2.02. The second-order valence-corrected chi connectivity index (χ2v) is 5.85. The molecule has 5 nitrogen and oxygen atoms in total. The molecule has 2 aromatic rings. The number of aryl methyl sites for hydroxylation is 1. The van der Waals surface area contributed by atoms with E-state index in [0.29, 0.717) is 30.2 Å². The van der Waals surface area contributed by atoms with Gasteiger partial charge in [0.25, 0.3) is 0 Å². The van der Waals surface area contributed by atoms with E-state index < -0.39 is 0 Å². The number of carbonyl (C=O) groups is 1. The van der Waals surface area contributed by atoms with Gasteiger partial charge in [-0.1, -0.05) is 18.5 Å². The fourth-order valence-corrected chi connectivity index (χ4v) is 3.06. The number of halogens is 1. The first kappa shape index (κ1) is 15.1. The van der Waals surface area contributed by atoms with Crippen molar-refractivity contribution < 1.29 is 9.21 Å². The van der Waals surface area contributed by atoms with E-state index >= 15 is 0 Å². The van der Waals surface area contributed by atoms with Crippen molar-refractivity contribution in [2.24, 2.45) is 0 Å². The van der Waals surface area contributed by atoms with Crippen LogP contribution in [0.3, 0.4) is 0 Å². The number of nitrogens with zero attached hydrogens (tertiary/aromatic N) is 1. The first-order valence-electron chi connectivity index (χ1n) is 7.31. The van der Waals surface area contributed by atoms with Crippen molar-refractivity contribution in [2.75, 3.05) is 19.6 Å². The molecule has 0 spiro atoms. The Bertz CT molecular complexity index is 785. The first-order chi connectivity index (χ1) is 10.6. The fourth-order valence-electron chi connectivity index (χ4n) is 2.76. The molecule has 1 aliphatic heterocycles. The molecule has 1 N–H and O–H groups in total. The third kappa shape index (κ3) is 3.00. The van der Waals surface area contributed by atoms with Crippen molar-refractivity contribution in [2.45, 2.75) is 19.9 Å². The van der Waals surface area contributed by atoms with Gasteiger partial charge in [-0.15, -0.1) is 0 Å². The Kier molecular flexibility index (Phi) is 4.18. The molecule has 1 saturated heterocycles. The third-order valence-electron chi connectivity index (χ3n) is 3.89. The molecule has 1 fully saturated rings. The van der Waals surface area contributed by atoms with Gasteiger partial charge in [0, 0.05) is 36.1 Å². The van der Waals surface area contributed by atoms with Gasteiger partial charge in [-0.2, -0.15) is 0 Å². The molecule has 1 amide bonds. The summed E-state index contributed by atoms with van der Waals surface area (Å²) in [6.07, 6.45) is 0.773. The van der Waals surface area contributed by atoms with Crippen LogP contribution in [-0.4, -0.2) is 30.4 Å². The zero-order valence-electron chi connectivity index (χ0n) is 12.3. The molecule has 1 aromatic heterocycles. The van der Waals surface area contributed by atoms with E-state index in [1.165, 1.54) is 6.07 Å². The summed E-state index contributed by atoms with van der Waals surface area (Å²) in [6.45, 7) is 4.24. The number of hydrogen-bond donors (Lipinski definition) is 1. The highest BCUT2D eigenvalue weighted by molar-refractivity contribution is 6.32. The molecule has 2 heterocycles. The Morgan fingerprint density at radius 2 is 2.09 bits per heavy atom. The summed E-state index contributed by atoms with van der Waals surface area (Å²) in [7, 11) is 0. The molecule has 1 aliphatic rings. The summed E-state index contributed by atoms with van der Waals surface area (Å²) in [4.78, 5) is 25.3. The SMILES string of the molecule is CCc1cc2oc(=O)cc(CN3CCNC(=O)C3)c2cc1Cl. The average Bonchev–Trinajstić information content (AvgIpc) is 2.47. The number of benzene rings is 1. The van der Waals surface area contributed by atoms with Crippen LogP contribution in [0.25, 0.3) is 11.0 Å². The molecule has 116 valence electrons. The van der Waals surface area contributed by atoms with E-state index in [-0.39, 0.29) is 11.5 Å². The molecule has 0 bridgehead atoms.